The number of sulfonamides is 1. The zero-order valence-electron chi connectivity index (χ0n) is 12.6. The molecule has 25 heavy (non-hydrogen) atoms. The van der Waals surface area contributed by atoms with E-state index in [-0.39, 0.29) is 26.8 Å². The van der Waals surface area contributed by atoms with Crippen LogP contribution in [0.1, 0.15) is 0 Å². The van der Waals surface area contributed by atoms with Crippen LogP contribution in [0.2, 0.25) is 10.0 Å². The van der Waals surface area contributed by atoms with Crippen LogP contribution < -0.4 is 9.46 Å². The van der Waals surface area contributed by atoms with Crippen LogP contribution in [0.25, 0.3) is 0 Å². The molecule has 0 saturated carbocycles. The monoisotopic (exact) mass is 395 g/mol. The van der Waals surface area contributed by atoms with Crippen molar-refractivity contribution < 1.29 is 13.2 Å². The van der Waals surface area contributed by atoms with Gasteiger partial charge >= 0.3 is 0 Å². The third-order valence-electron chi connectivity index (χ3n) is 3.01. The Morgan fingerprint density at radius 2 is 1.60 bits per heavy atom. The molecule has 9 heteroatoms. The lowest BCUT2D eigenvalue weighted by Crippen LogP contribution is -2.16. The summed E-state index contributed by atoms with van der Waals surface area (Å²) in [6.07, 6.45) is 1.37. The molecule has 1 aromatic heterocycles. The molecule has 0 amide bonds. The first-order valence-corrected chi connectivity index (χ1v) is 9.22. The Kier molecular flexibility index (Phi) is 5.08. The Morgan fingerprint density at radius 1 is 0.920 bits per heavy atom. The van der Waals surface area contributed by atoms with E-state index in [1.165, 1.54) is 24.4 Å². The number of para-hydroxylation sites is 1. The molecule has 0 spiro atoms. The van der Waals surface area contributed by atoms with Gasteiger partial charge in [-0.25, -0.2) is 18.1 Å². The summed E-state index contributed by atoms with van der Waals surface area (Å²) in [6, 6.07) is 14.9. The summed E-state index contributed by atoms with van der Waals surface area (Å²) in [6.45, 7) is 0. The molecule has 0 bridgehead atoms. The molecule has 0 saturated heterocycles. The number of aromatic nitrogens is 2. The standard InChI is InChI=1S/C16H11Cl2N3O3S/c17-12-7-4-8-13(18)15(12)25(22,23)21-16-19-10-9-14(20-16)24-11-5-2-1-3-6-11/h1-10H,(H,19,20,21). The van der Waals surface area contributed by atoms with E-state index in [0.29, 0.717) is 5.75 Å². The summed E-state index contributed by atoms with van der Waals surface area (Å²) in [7, 11) is -4.06. The average Bonchev–Trinajstić information content (AvgIpc) is 2.55. The number of ether oxygens (including phenoxy) is 1. The highest BCUT2D eigenvalue weighted by Crippen LogP contribution is 2.30. The lowest BCUT2D eigenvalue weighted by Gasteiger charge is -2.10. The second-order valence-electron chi connectivity index (χ2n) is 4.79. The zero-order chi connectivity index (χ0) is 17.9. The molecule has 1 N–H and O–H groups in total. The van der Waals surface area contributed by atoms with E-state index < -0.39 is 10.0 Å². The van der Waals surface area contributed by atoms with Gasteiger partial charge in [-0.1, -0.05) is 47.5 Å². The second-order valence-corrected chi connectivity index (χ2v) is 7.22. The van der Waals surface area contributed by atoms with Crippen LogP contribution in [0.3, 0.4) is 0 Å². The zero-order valence-corrected chi connectivity index (χ0v) is 14.9. The Bertz CT molecular complexity index is 978. The molecule has 3 aromatic rings. The predicted octanol–water partition coefficient (Wildman–Crippen LogP) is 4.38. The van der Waals surface area contributed by atoms with Crippen molar-refractivity contribution in [3.8, 4) is 11.6 Å². The third-order valence-corrected chi connectivity index (χ3v) is 5.29. The van der Waals surface area contributed by atoms with Gasteiger partial charge in [-0.05, 0) is 24.3 Å². The predicted molar refractivity (Wildman–Crippen MR) is 95.8 cm³/mol. The van der Waals surface area contributed by atoms with Gasteiger partial charge in [-0.2, -0.15) is 4.98 Å². The molecule has 0 fully saturated rings. The molecular formula is C16H11Cl2N3O3S. The van der Waals surface area contributed by atoms with E-state index >= 15 is 0 Å². The van der Waals surface area contributed by atoms with Crippen LogP contribution in [-0.2, 0) is 10.0 Å². The molecule has 0 radical (unpaired) electrons. The van der Waals surface area contributed by atoms with Crippen LogP contribution in [0.4, 0.5) is 5.95 Å². The summed E-state index contributed by atoms with van der Waals surface area (Å²) in [5, 5.41) is -0.00613. The quantitative estimate of drug-likeness (QED) is 0.693. The maximum Gasteiger partial charge on any atom is 0.267 e. The first-order valence-electron chi connectivity index (χ1n) is 6.98. The lowest BCUT2D eigenvalue weighted by atomic mass is 10.3. The van der Waals surface area contributed by atoms with Crippen molar-refractivity contribution in [1.82, 2.24) is 9.97 Å². The fourth-order valence-corrected chi connectivity index (χ4v) is 4.07. The minimum atomic E-state index is -4.06. The van der Waals surface area contributed by atoms with Gasteiger partial charge in [0.05, 0.1) is 10.0 Å². The summed E-state index contributed by atoms with van der Waals surface area (Å²) in [4.78, 5) is 7.67. The molecular weight excluding hydrogens is 385 g/mol. The lowest BCUT2D eigenvalue weighted by molar-refractivity contribution is 0.462. The fraction of sp³-hybridized carbons (Fsp3) is 0. The van der Waals surface area contributed by atoms with E-state index in [0.717, 1.165) is 0 Å². The van der Waals surface area contributed by atoms with E-state index in [4.69, 9.17) is 27.9 Å². The molecule has 3 rings (SSSR count). The van der Waals surface area contributed by atoms with Crippen molar-refractivity contribution in [3.05, 3.63) is 70.8 Å². The smallest absolute Gasteiger partial charge is 0.267 e. The maximum absolute atomic E-state index is 12.5. The molecule has 128 valence electrons. The van der Waals surface area contributed by atoms with E-state index in [2.05, 4.69) is 14.7 Å². The average molecular weight is 396 g/mol. The number of benzene rings is 2. The van der Waals surface area contributed by atoms with E-state index in [9.17, 15) is 8.42 Å². The highest BCUT2D eigenvalue weighted by atomic mass is 35.5. The van der Waals surface area contributed by atoms with Crippen LogP contribution >= 0.6 is 23.2 Å². The molecule has 0 aliphatic carbocycles. The van der Waals surface area contributed by atoms with E-state index in [1.807, 2.05) is 6.07 Å². The number of anilines is 1. The van der Waals surface area contributed by atoms with Gasteiger partial charge in [0.2, 0.25) is 11.8 Å². The minimum absolute atomic E-state index is 0.00306. The number of hydrogen-bond donors (Lipinski definition) is 1. The summed E-state index contributed by atoms with van der Waals surface area (Å²) in [5.74, 6) is 0.581. The van der Waals surface area contributed by atoms with Crippen molar-refractivity contribution >= 4 is 39.2 Å². The first kappa shape index (κ1) is 17.5. The topological polar surface area (TPSA) is 81.2 Å². The highest BCUT2D eigenvalue weighted by molar-refractivity contribution is 7.93. The number of nitrogens with zero attached hydrogens (tertiary/aromatic N) is 2. The molecule has 0 atom stereocenters. The van der Waals surface area contributed by atoms with Crippen molar-refractivity contribution in [1.29, 1.82) is 0 Å². The van der Waals surface area contributed by atoms with Gasteiger partial charge in [0, 0.05) is 12.3 Å². The first-order chi connectivity index (χ1) is 12.0. The summed E-state index contributed by atoms with van der Waals surface area (Å²) >= 11 is 11.9. The Labute approximate surface area is 154 Å². The highest BCUT2D eigenvalue weighted by Gasteiger charge is 2.22. The molecule has 0 aliphatic rings. The summed E-state index contributed by atoms with van der Waals surface area (Å²) < 4.78 is 32.8. The third kappa shape index (κ3) is 4.19. The van der Waals surface area contributed by atoms with Crippen molar-refractivity contribution in [2.24, 2.45) is 0 Å². The normalized spacial score (nSPS) is 11.1. The van der Waals surface area contributed by atoms with Gasteiger partial charge in [-0.15, -0.1) is 0 Å². The van der Waals surface area contributed by atoms with Crippen molar-refractivity contribution in [3.63, 3.8) is 0 Å². The van der Waals surface area contributed by atoms with Crippen LogP contribution in [0, 0.1) is 0 Å². The van der Waals surface area contributed by atoms with Crippen LogP contribution in [0.15, 0.2) is 65.7 Å². The largest absolute Gasteiger partial charge is 0.439 e. The van der Waals surface area contributed by atoms with Crippen LogP contribution in [-0.4, -0.2) is 18.4 Å². The van der Waals surface area contributed by atoms with Crippen molar-refractivity contribution in [2.45, 2.75) is 4.90 Å². The van der Waals surface area contributed by atoms with Crippen LogP contribution in [0.5, 0.6) is 11.6 Å². The fourth-order valence-electron chi connectivity index (χ4n) is 1.97. The number of halogens is 2. The van der Waals surface area contributed by atoms with Gasteiger partial charge < -0.3 is 4.74 Å². The van der Waals surface area contributed by atoms with Crippen molar-refractivity contribution in [2.75, 3.05) is 4.72 Å². The van der Waals surface area contributed by atoms with E-state index in [1.54, 1.807) is 30.3 Å². The van der Waals surface area contributed by atoms with Gasteiger partial charge in [0.1, 0.15) is 10.6 Å². The number of rotatable bonds is 5. The number of hydrogen-bond acceptors (Lipinski definition) is 5. The molecule has 0 unspecified atom stereocenters. The Balaban J connectivity index is 1.87. The number of nitrogens with one attached hydrogen (secondary N) is 1. The second kappa shape index (κ2) is 7.26. The Hall–Kier alpha value is -2.35. The SMILES string of the molecule is O=S(=O)(Nc1nccc(Oc2ccccc2)n1)c1c(Cl)cccc1Cl. The molecule has 0 aliphatic heterocycles. The van der Waals surface area contributed by atoms with Gasteiger partial charge in [0.15, 0.2) is 0 Å². The molecule has 2 aromatic carbocycles. The minimum Gasteiger partial charge on any atom is -0.439 e. The molecule has 1 heterocycles. The van der Waals surface area contributed by atoms with Gasteiger partial charge in [0.25, 0.3) is 10.0 Å². The molecule has 6 nitrogen and oxygen atoms in total. The van der Waals surface area contributed by atoms with Gasteiger partial charge in [-0.3, -0.25) is 0 Å². The summed E-state index contributed by atoms with van der Waals surface area (Å²) in [5.41, 5.74) is 0. The maximum atomic E-state index is 12.5. The Morgan fingerprint density at radius 3 is 2.28 bits per heavy atom.